The average Bonchev–Trinajstić information content (AvgIpc) is 3.43. The summed E-state index contributed by atoms with van der Waals surface area (Å²) in [6, 6.07) is 14.4. The van der Waals surface area contributed by atoms with Gasteiger partial charge in [0.2, 0.25) is 0 Å². The highest BCUT2D eigenvalue weighted by molar-refractivity contribution is 7.09. The van der Waals surface area contributed by atoms with E-state index in [1.54, 1.807) is 39.1 Å². The molecular formula is C24H21ClN6O2S. The van der Waals surface area contributed by atoms with E-state index in [2.05, 4.69) is 15.4 Å². The first-order valence-electron chi connectivity index (χ1n) is 10.6. The highest BCUT2D eigenvalue weighted by Gasteiger charge is 2.29. The molecule has 0 bridgehead atoms. The molecule has 4 aromatic rings. The van der Waals surface area contributed by atoms with E-state index in [9.17, 15) is 9.59 Å². The third-order valence-corrected chi connectivity index (χ3v) is 6.67. The van der Waals surface area contributed by atoms with Gasteiger partial charge in [0.25, 0.3) is 5.91 Å². The number of hydrogen-bond acceptors (Lipinski definition) is 5. The fourth-order valence-electron chi connectivity index (χ4n) is 4.01. The molecule has 0 fully saturated rings. The van der Waals surface area contributed by atoms with Gasteiger partial charge in [0, 0.05) is 33.8 Å². The quantitative estimate of drug-likeness (QED) is 0.427. The molecule has 2 aromatic carbocycles. The van der Waals surface area contributed by atoms with E-state index in [1.807, 2.05) is 42.6 Å². The summed E-state index contributed by atoms with van der Waals surface area (Å²) >= 11 is 7.72. The van der Waals surface area contributed by atoms with Crippen molar-refractivity contribution in [2.24, 2.45) is 5.73 Å². The summed E-state index contributed by atoms with van der Waals surface area (Å²) in [5.41, 5.74) is 10.4. The average molecular weight is 493 g/mol. The number of anilines is 1. The van der Waals surface area contributed by atoms with Crippen LogP contribution in [-0.2, 0) is 13.1 Å². The van der Waals surface area contributed by atoms with E-state index in [-0.39, 0.29) is 12.6 Å². The van der Waals surface area contributed by atoms with Crippen LogP contribution < -0.4 is 11.1 Å². The van der Waals surface area contributed by atoms with Crippen molar-refractivity contribution < 1.29 is 9.59 Å². The molecule has 0 saturated heterocycles. The third kappa shape index (κ3) is 4.27. The Morgan fingerprint density at radius 1 is 1.12 bits per heavy atom. The lowest BCUT2D eigenvalue weighted by Crippen LogP contribution is -2.41. The normalized spacial score (nSPS) is 12.9. The van der Waals surface area contributed by atoms with Crippen molar-refractivity contribution in [3.63, 3.8) is 0 Å². The summed E-state index contributed by atoms with van der Waals surface area (Å²) in [5, 5.41) is 11.1. The lowest BCUT2D eigenvalue weighted by atomic mass is 10.0. The van der Waals surface area contributed by atoms with Crippen molar-refractivity contribution in [1.82, 2.24) is 19.7 Å². The second-order valence-corrected chi connectivity index (χ2v) is 9.45. The van der Waals surface area contributed by atoms with Crippen molar-refractivity contribution in [1.29, 1.82) is 0 Å². The van der Waals surface area contributed by atoms with E-state index < -0.39 is 5.91 Å². The molecule has 8 nitrogen and oxygen atoms in total. The molecule has 3 N–H and O–H groups in total. The summed E-state index contributed by atoms with van der Waals surface area (Å²) in [4.78, 5) is 31.5. The van der Waals surface area contributed by atoms with Crippen LogP contribution in [0, 0.1) is 6.92 Å². The minimum Gasteiger partial charge on any atom is -0.365 e. The molecule has 3 amide bonds. The number of amides is 3. The molecule has 0 atom stereocenters. The van der Waals surface area contributed by atoms with Crippen LogP contribution in [0.1, 0.15) is 21.1 Å². The number of nitrogens with one attached hydrogen (secondary N) is 1. The van der Waals surface area contributed by atoms with Crippen LogP contribution in [0.3, 0.4) is 0 Å². The Balaban J connectivity index is 1.35. The predicted octanol–water partition coefficient (Wildman–Crippen LogP) is 4.78. The van der Waals surface area contributed by atoms with Crippen molar-refractivity contribution in [2.75, 3.05) is 11.9 Å². The number of hydrogen-bond donors (Lipinski definition) is 2. The summed E-state index contributed by atoms with van der Waals surface area (Å²) in [6.07, 6.45) is 0. The summed E-state index contributed by atoms with van der Waals surface area (Å²) in [6.45, 7) is 3.08. The minimum absolute atomic E-state index is 0.216. The Hall–Kier alpha value is -3.69. The van der Waals surface area contributed by atoms with Gasteiger partial charge in [-0.3, -0.25) is 9.48 Å². The fourth-order valence-corrected chi connectivity index (χ4v) is 4.82. The van der Waals surface area contributed by atoms with Crippen LogP contribution in [0.5, 0.6) is 0 Å². The van der Waals surface area contributed by atoms with E-state index in [4.69, 9.17) is 17.3 Å². The Morgan fingerprint density at radius 3 is 2.59 bits per heavy atom. The maximum atomic E-state index is 13.0. The Morgan fingerprint density at radius 2 is 1.91 bits per heavy atom. The van der Waals surface area contributed by atoms with Gasteiger partial charge in [-0.25, -0.2) is 9.78 Å². The largest absolute Gasteiger partial charge is 0.365 e. The monoisotopic (exact) mass is 492 g/mol. The number of aryl methyl sites for hydroxylation is 1. The molecule has 172 valence electrons. The molecule has 0 saturated carbocycles. The predicted molar refractivity (Wildman–Crippen MR) is 133 cm³/mol. The van der Waals surface area contributed by atoms with Gasteiger partial charge in [-0.1, -0.05) is 35.9 Å². The van der Waals surface area contributed by atoms with E-state index in [1.165, 1.54) is 0 Å². The van der Waals surface area contributed by atoms with Gasteiger partial charge in [0.1, 0.15) is 5.69 Å². The number of primary amides is 1. The minimum atomic E-state index is -0.591. The number of benzene rings is 2. The van der Waals surface area contributed by atoms with Crippen LogP contribution in [0.2, 0.25) is 5.02 Å². The number of carbonyl (C=O) groups excluding carboxylic acids is 2. The third-order valence-electron chi connectivity index (χ3n) is 5.66. The number of aromatic nitrogens is 3. The first kappa shape index (κ1) is 22.1. The number of rotatable bonds is 4. The number of thiazole rings is 1. The number of carbonyl (C=O) groups is 2. The summed E-state index contributed by atoms with van der Waals surface area (Å²) < 4.78 is 1.74. The van der Waals surface area contributed by atoms with E-state index >= 15 is 0 Å². The smallest absolute Gasteiger partial charge is 0.322 e. The number of halogens is 1. The number of nitrogens with zero attached hydrogens (tertiary/aromatic N) is 4. The standard InChI is InChI=1S/C24H21ClN6O2S/c1-14-27-19(13-34-14)15-5-7-18(8-6-15)28-24(33)30-9-10-31-20(12-30)21(23(26)32)22(29-31)16-3-2-4-17(25)11-16/h2-8,11,13H,9-10,12H2,1H3,(H2,26,32)(H,28,33). The lowest BCUT2D eigenvalue weighted by Gasteiger charge is -2.28. The van der Waals surface area contributed by atoms with Crippen LogP contribution >= 0.6 is 22.9 Å². The second-order valence-electron chi connectivity index (χ2n) is 7.95. The van der Waals surface area contributed by atoms with Crippen LogP contribution in [0.4, 0.5) is 10.5 Å². The Bertz CT molecular complexity index is 1390. The highest BCUT2D eigenvalue weighted by Crippen LogP contribution is 2.30. The van der Waals surface area contributed by atoms with Crippen LogP contribution in [-0.4, -0.2) is 38.1 Å². The summed E-state index contributed by atoms with van der Waals surface area (Å²) in [5.74, 6) is -0.591. The zero-order valence-electron chi connectivity index (χ0n) is 18.3. The fraction of sp³-hybridized carbons (Fsp3) is 0.167. The molecule has 34 heavy (non-hydrogen) atoms. The van der Waals surface area contributed by atoms with E-state index in [0.29, 0.717) is 46.3 Å². The van der Waals surface area contributed by atoms with E-state index in [0.717, 1.165) is 16.3 Å². The maximum Gasteiger partial charge on any atom is 0.322 e. The molecular weight excluding hydrogens is 472 g/mol. The van der Waals surface area contributed by atoms with Crippen LogP contribution in [0.25, 0.3) is 22.5 Å². The number of nitrogens with two attached hydrogens (primary N) is 1. The number of fused-ring (bicyclic) bond motifs is 1. The van der Waals surface area contributed by atoms with Crippen molar-refractivity contribution in [3.8, 4) is 22.5 Å². The van der Waals surface area contributed by atoms with Crippen molar-refractivity contribution in [3.05, 3.63) is 75.2 Å². The molecule has 10 heteroatoms. The molecule has 0 aliphatic carbocycles. The van der Waals surface area contributed by atoms with Gasteiger partial charge in [-0.15, -0.1) is 11.3 Å². The molecule has 0 unspecified atom stereocenters. The lowest BCUT2D eigenvalue weighted by molar-refractivity contribution is 0.0997. The molecule has 5 rings (SSSR count). The molecule has 0 radical (unpaired) electrons. The SMILES string of the molecule is Cc1nc(-c2ccc(NC(=O)N3CCn4nc(-c5cccc(Cl)c5)c(C(N)=O)c4C3)cc2)cs1. The van der Waals surface area contributed by atoms with Crippen molar-refractivity contribution >= 4 is 40.6 Å². The molecule has 0 spiro atoms. The van der Waals surface area contributed by atoms with Gasteiger partial charge in [-0.05, 0) is 31.2 Å². The van der Waals surface area contributed by atoms with Gasteiger partial charge in [0.05, 0.1) is 35.0 Å². The molecule has 1 aliphatic rings. The van der Waals surface area contributed by atoms with Crippen molar-refractivity contribution in [2.45, 2.75) is 20.0 Å². The Labute approximate surface area is 205 Å². The maximum absolute atomic E-state index is 13.0. The van der Waals surface area contributed by atoms with Crippen LogP contribution in [0.15, 0.2) is 53.9 Å². The second kappa shape index (κ2) is 8.92. The highest BCUT2D eigenvalue weighted by atomic mass is 35.5. The van der Waals surface area contributed by atoms with Gasteiger partial charge < -0.3 is 16.0 Å². The zero-order chi connectivity index (χ0) is 23.8. The molecule has 2 aromatic heterocycles. The topological polar surface area (TPSA) is 106 Å². The summed E-state index contributed by atoms with van der Waals surface area (Å²) in [7, 11) is 0. The molecule has 3 heterocycles. The first-order valence-corrected chi connectivity index (χ1v) is 11.9. The zero-order valence-corrected chi connectivity index (χ0v) is 19.9. The first-order chi connectivity index (χ1) is 16.4. The van der Waals surface area contributed by atoms with Gasteiger partial charge in [-0.2, -0.15) is 5.10 Å². The van der Waals surface area contributed by atoms with Gasteiger partial charge >= 0.3 is 6.03 Å². The molecule has 1 aliphatic heterocycles. The van der Waals surface area contributed by atoms with Gasteiger partial charge in [0.15, 0.2) is 0 Å². The Kier molecular flexibility index (Phi) is 5.80. The number of urea groups is 1.